The number of aromatic nitrogens is 2. The van der Waals surface area contributed by atoms with Crippen molar-refractivity contribution in [1.29, 1.82) is 0 Å². The Bertz CT molecular complexity index is 1210. The van der Waals surface area contributed by atoms with Crippen molar-refractivity contribution in [3.8, 4) is 34.5 Å². The molecule has 2 N–H and O–H groups in total. The molecule has 7 heteroatoms. The number of rotatable bonds is 2. The second kappa shape index (κ2) is 7.17. The lowest BCUT2D eigenvalue weighted by molar-refractivity contribution is 0.240. The maximum absolute atomic E-state index is 6.20. The summed E-state index contributed by atoms with van der Waals surface area (Å²) in [5, 5.41) is 0. The van der Waals surface area contributed by atoms with E-state index in [1.807, 2.05) is 36.4 Å². The molecule has 0 fully saturated rings. The van der Waals surface area contributed by atoms with Crippen molar-refractivity contribution in [2.45, 2.75) is 5.54 Å². The van der Waals surface area contributed by atoms with Gasteiger partial charge in [-0.05, 0) is 35.9 Å². The monoisotopic (exact) mass is 398 g/mol. The highest BCUT2D eigenvalue weighted by molar-refractivity contribution is 5.78. The predicted molar refractivity (Wildman–Crippen MR) is 111 cm³/mol. The smallest absolute Gasteiger partial charge is 0.283 e. The first-order valence-corrected chi connectivity index (χ1v) is 9.38. The molecule has 0 radical (unpaired) electrons. The molecule has 30 heavy (non-hydrogen) atoms. The standard InChI is InChI=1S/C23H18N4O3/c1-28-8-2-3-15-4-6-20-18(9-15)23(13-29-22(24)27-23)19-10-16(5-7-21(19)30-20)17-11-25-14-26-12-17/h4-7,9-12,14H,8,13H2,1H3,(H2,24,27). The van der Waals surface area contributed by atoms with Gasteiger partial charge in [-0.3, -0.25) is 0 Å². The zero-order valence-electron chi connectivity index (χ0n) is 16.3. The lowest BCUT2D eigenvalue weighted by Gasteiger charge is -2.33. The van der Waals surface area contributed by atoms with E-state index in [0.29, 0.717) is 18.1 Å². The molecule has 3 aromatic rings. The van der Waals surface area contributed by atoms with Gasteiger partial charge in [-0.25, -0.2) is 15.0 Å². The number of nitrogens with zero attached hydrogens (tertiary/aromatic N) is 3. The van der Waals surface area contributed by atoms with E-state index in [2.05, 4.69) is 21.8 Å². The van der Waals surface area contributed by atoms with Crippen LogP contribution in [-0.4, -0.2) is 36.3 Å². The zero-order valence-corrected chi connectivity index (χ0v) is 16.3. The van der Waals surface area contributed by atoms with Crippen molar-refractivity contribution in [3.05, 3.63) is 71.8 Å². The van der Waals surface area contributed by atoms with Crippen LogP contribution in [0.15, 0.2) is 60.1 Å². The van der Waals surface area contributed by atoms with Crippen LogP contribution in [0.2, 0.25) is 0 Å². The molecule has 0 amide bonds. The molecule has 148 valence electrons. The van der Waals surface area contributed by atoms with Crippen molar-refractivity contribution in [2.24, 2.45) is 10.7 Å². The van der Waals surface area contributed by atoms with E-state index in [1.165, 1.54) is 6.33 Å². The summed E-state index contributed by atoms with van der Waals surface area (Å²) in [7, 11) is 1.62. The molecule has 1 unspecified atom stereocenters. The average Bonchev–Trinajstić information content (AvgIpc) is 3.17. The number of hydrogen-bond acceptors (Lipinski definition) is 7. The second-order valence-electron chi connectivity index (χ2n) is 6.98. The molecule has 1 aromatic heterocycles. The van der Waals surface area contributed by atoms with Gasteiger partial charge in [0.25, 0.3) is 6.02 Å². The van der Waals surface area contributed by atoms with Crippen LogP contribution in [-0.2, 0) is 15.0 Å². The van der Waals surface area contributed by atoms with Crippen molar-refractivity contribution >= 4 is 6.02 Å². The fraction of sp³-hybridized carbons (Fsp3) is 0.174. The number of nitrogens with two attached hydrogens (primary N) is 1. The van der Waals surface area contributed by atoms with Gasteiger partial charge in [-0.1, -0.05) is 17.9 Å². The van der Waals surface area contributed by atoms with Crippen LogP contribution in [0.1, 0.15) is 16.7 Å². The largest absolute Gasteiger partial charge is 0.462 e. The van der Waals surface area contributed by atoms with Gasteiger partial charge in [0, 0.05) is 41.8 Å². The molecule has 3 heterocycles. The topological polar surface area (TPSA) is 91.9 Å². The third kappa shape index (κ3) is 2.95. The minimum absolute atomic E-state index is 0.151. The molecule has 0 saturated heterocycles. The highest BCUT2D eigenvalue weighted by atomic mass is 16.5. The molecule has 7 nitrogen and oxygen atoms in total. The third-order valence-corrected chi connectivity index (χ3v) is 5.14. The van der Waals surface area contributed by atoms with Crippen LogP contribution in [0.25, 0.3) is 11.1 Å². The minimum atomic E-state index is -0.808. The second-order valence-corrected chi connectivity index (χ2v) is 6.98. The first-order chi connectivity index (χ1) is 14.7. The van der Waals surface area contributed by atoms with Crippen LogP contribution >= 0.6 is 0 Å². The molecule has 0 bridgehead atoms. The molecule has 2 aliphatic rings. The maximum atomic E-state index is 6.20. The Kier molecular flexibility index (Phi) is 4.34. The predicted octanol–water partition coefficient (Wildman–Crippen LogP) is 2.84. The molecule has 0 aliphatic carbocycles. The lowest BCUT2D eigenvalue weighted by atomic mass is 9.80. The highest BCUT2D eigenvalue weighted by Gasteiger charge is 2.47. The van der Waals surface area contributed by atoms with Crippen LogP contribution in [0, 0.1) is 11.8 Å². The van der Waals surface area contributed by atoms with E-state index in [4.69, 9.17) is 24.9 Å². The van der Waals surface area contributed by atoms with E-state index in [9.17, 15) is 0 Å². The van der Waals surface area contributed by atoms with Crippen LogP contribution in [0.4, 0.5) is 0 Å². The van der Waals surface area contributed by atoms with E-state index in [-0.39, 0.29) is 12.6 Å². The highest BCUT2D eigenvalue weighted by Crippen LogP contribution is 2.51. The Morgan fingerprint density at radius 1 is 1.07 bits per heavy atom. The van der Waals surface area contributed by atoms with Gasteiger partial charge >= 0.3 is 0 Å². The summed E-state index contributed by atoms with van der Waals surface area (Å²) in [4.78, 5) is 13.0. The number of hydrogen-bond donors (Lipinski definition) is 1. The van der Waals surface area contributed by atoms with Gasteiger partial charge in [-0.15, -0.1) is 0 Å². The quantitative estimate of drug-likeness (QED) is 0.668. The summed E-state index contributed by atoms with van der Waals surface area (Å²) in [6.45, 7) is 0.643. The SMILES string of the molecule is COCC#Cc1ccc2c(c1)C1(COC(N)=N1)c1cc(-c3cncnc3)ccc1O2. The first-order valence-electron chi connectivity index (χ1n) is 9.38. The molecule has 1 spiro atoms. The molecule has 2 aliphatic heterocycles. The average molecular weight is 398 g/mol. The maximum Gasteiger partial charge on any atom is 0.283 e. The summed E-state index contributed by atoms with van der Waals surface area (Å²) in [6.07, 6.45) is 5.04. The van der Waals surface area contributed by atoms with Crippen LogP contribution in [0.5, 0.6) is 11.5 Å². The number of amidine groups is 1. The normalized spacial score (nSPS) is 18.4. The summed E-state index contributed by atoms with van der Waals surface area (Å²) in [5.41, 5.74) is 9.58. The lowest BCUT2D eigenvalue weighted by Crippen LogP contribution is -2.31. The molecular formula is C23H18N4O3. The summed E-state index contributed by atoms with van der Waals surface area (Å²) in [5.74, 6) is 7.50. The molecule has 0 saturated carbocycles. The Morgan fingerprint density at radius 3 is 2.57 bits per heavy atom. The van der Waals surface area contributed by atoms with Gasteiger partial charge in [0.1, 0.15) is 31.0 Å². The van der Waals surface area contributed by atoms with Crippen molar-refractivity contribution < 1.29 is 14.2 Å². The Labute approximate surface area is 173 Å². The van der Waals surface area contributed by atoms with Gasteiger partial charge in [-0.2, -0.15) is 0 Å². The summed E-state index contributed by atoms with van der Waals surface area (Å²) < 4.78 is 16.9. The fourth-order valence-corrected chi connectivity index (χ4v) is 3.77. The molecular weight excluding hydrogens is 380 g/mol. The number of methoxy groups -OCH3 is 1. The van der Waals surface area contributed by atoms with Gasteiger partial charge in [0.05, 0.1) is 0 Å². The van der Waals surface area contributed by atoms with Gasteiger partial charge in [0.15, 0.2) is 5.54 Å². The number of ether oxygens (including phenoxy) is 3. The van der Waals surface area contributed by atoms with E-state index >= 15 is 0 Å². The van der Waals surface area contributed by atoms with E-state index in [0.717, 1.165) is 27.8 Å². The third-order valence-electron chi connectivity index (χ3n) is 5.14. The molecule has 1 atom stereocenters. The van der Waals surface area contributed by atoms with Crippen molar-refractivity contribution in [1.82, 2.24) is 9.97 Å². The number of benzene rings is 2. The molecule has 5 rings (SSSR count). The number of fused-ring (bicyclic) bond motifs is 4. The minimum Gasteiger partial charge on any atom is -0.462 e. The van der Waals surface area contributed by atoms with Crippen molar-refractivity contribution in [3.63, 3.8) is 0 Å². The summed E-state index contributed by atoms with van der Waals surface area (Å²) >= 11 is 0. The summed E-state index contributed by atoms with van der Waals surface area (Å²) in [6, 6.07) is 11.9. The van der Waals surface area contributed by atoms with Crippen molar-refractivity contribution in [2.75, 3.05) is 20.3 Å². The fourth-order valence-electron chi connectivity index (χ4n) is 3.77. The Morgan fingerprint density at radius 2 is 1.83 bits per heavy atom. The first kappa shape index (κ1) is 18.2. The number of aliphatic imine (C=N–C) groups is 1. The van der Waals surface area contributed by atoms with Crippen LogP contribution in [0.3, 0.4) is 0 Å². The molecule has 2 aromatic carbocycles. The Hall–Kier alpha value is -3.89. The van der Waals surface area contributed by atoms with E-state index < -0.39 is 5.54 Å². The van der Waals surface area contributed by atoms with Gasteiger partial charge < -0.3 is 19.9 Å². The Balaban J connectivity index is 1.68. The van der Waals surface area contributed by atoms with Gasteiger partial charge in [0.2, 0.25) is 0 Å². The van der Waals surface area contributed by atoms with Crippen LogP contribution < -0.4 is 10.5 Å². The zero-order chi connectivity index (χ0) is 20.6. The van der Waals surface area contributed by atoms with E-state index in [1.54, 1.807) is 19.5 Å².